The SMILES string of the molecule is Cc1ccc(NC(=O)CN2CCC(C(=O)Nc3ccccc3)CC2)cc1F. The van der Waals surface area contributed by atoms with Crippen LogP contribution in [0, 0.1) is 18.7 Å². The van der Waals surface area contributed by atoms with Gasteiger partial charge in [-0.05, 0) is 62.7 Å². The lowest BCUT2D eigenvalue weighted by Gasteiger charge is -2.30. The lowest BCUT2D eigenvalue weighted by molar-refractivity contribution is -0.121. The van der Waals surface area contributed by atoms with E-state index in [0.29, 0.717) is 37.2 Å². The Morgan fingerprint density at radius 3 is 2.41 bits per heavy atom. The molecule has 0 spiro atoms. The van der Waals surface area contributed by atoms with E-state index in [0.717, 1.165) is 5.69 Å². The molecule has 2 amide bonds. The highest BCUT2D eigenvalue weighted by Gasteiger charge is 2.26. The van der Waals surface area contributed by atoms with Crippen LogP contribution in [0.15, 0.2) is 48.5 Å². The van der Waals surface area contributed by atoms with Crippen molar-refractivity contribution >= 4 is 23.2 Å². The highest BCUT2D eigenvalue weighted by atomic mass is 19.1. The van der Waals surface area contributed by atoms with Crippen LogP contribution in [-0.2, 0) is 9.59 Å². The van der Waals surface area contributed by atoms with Crippen molar-refractivity contribution in [2.45, 2.75) is 19.8 Å². The summed E-state index contributed by atoms with van der Waals surface area (Å²) >= 11 is 0. The molecule has 2 aromatic carbocycles. The Labute approximate surface area is 158 Å². The quantitative estimate of drug-likeness (QED) is 0.849. The monoisotopic (exact) mass is 369 g/mol. The molecule has 0 bridgehead atoms. The normalized spacial score (nSPS) is 15.3. The molecule has 0 radical (unpaired) electrons. The third-order valence-corrected chi connectivity index (χ3v) is 4.82. The fourth-order valence-electron chi connectivity index (χ4n) is 3.19. The topological polar surface area (TPSA) is 61.4 Å². The molecule has 0 saturated carbocycles. The molecule has 27 heavy (non-hydrogen) atoms. The Morgan fingerprint density at radius 1 is 1.04 bits per heavy atom. The predicted octanol–water partition coefficient (Wildman–Crippen LogP) is 3.42. The zero-order chi connectivity index (χ0) is 19.2. The molecule has 0 unspecified atom stereocenters. The van der Waals surface area contributed by atoms with E-state index < -0.39 is 0 Å². The van der Waals surface area contributed by atoms with Gasteiger partial charge in [-0.25, -0.2) is 4.39 Å². The summed E-state index contributed by atoms with van der Waals surface area (Å²) in [6, 6.07) is 14.1. The molecule has 0 aliphatic carbocycles. The first-order valence-corrected chi connectivity index (χ1v) is 9.15. The average molecular weight is 369 g/mol. The van der Waals surface area contributed by atoms with E-state index in [2.05, 4.69) is 10.6 Å². The largest absolute Gasteiger partial charge is 0.326 e. The van der Waals surface area contributed by atoms with Crippen molar-refractivity contribution in [3.05, 3.63) is 59.9 Å². The van der Waals surface area contributed by atoms with Gasteiger partial charge in [0, 0.05) is 17.3 Å². The van der Waals surface area contributed by atoms with E-state index in [1.807, 2.05) is 35.2 Å². The van der Waals surface area contributed by atoms with Crippen LogP contribution in [-0.4, -0.2) is 36.3 Å². The number of nitrogens with one attached hydrogen (secondary N) is 2. The Kier molecular flexibility index (Phi) is 6.19. The number of aryl methyl sites for hydroxylation is 1. The van der Waals surface area contributed by atoms with Gasteiger partial charge in [-0.15, -0.1) is 0 Å². The number of likely N-dealkylation sites (tertiary alicyclic amines) is 1. The minimum absolute atomic E-state index is 0.0282. The molecule has 0 aromatic heterocycles. The molecular weight excluding hydrogens is 345 g/mol. The first-order valence-electron chi connectivity index (χ1n) is 9.15. The van der Waals surface area contributed by atoms with Gasteiger partial charge < -0.3 is 10.6 Å². The Morgan fingerprint density at radius 2 is 1.74 bits per heavy atom. The standard InChI is InChI=1S/C21H24FN3O2/c1-15-7-8-18(13-19(15)22)23-20(26)14-25-11-9-16(10-12-25)21(27)24-17-5-3-2-4-6-17/h2-8,13,16H,9-12,14H2,1H3,(H,23,26)(H,24,27). The summed E-state index contributed by atoms with van der Waals surface area (Å²) in [5.41, 5.74) is 1.80. The first-order chi connectivity index (χ1) is 13.0. The highest BCUT2D eigenvalue weighted by Crippen LogP contribution is 2.20. The summed E-state index contributed by atoms with van der Waals surface area (Å²) < 4.78 is 13.6. The second-order valence-corrected chi connectivity index (χ2v) is 6.92. The Balaban J connectivity index is 1.44. The van der Waals surface area contributed by atoms with E-state index >= 15 is 0 Å². The van der Waals surface area contributed by atoms with Crippen molar-refractivity contribution in [1.82, 2.24) is 4.90 Å². The van der Waals surface area contributed by atoms with Crippen LogP contribution in [0.4, 0.5) is 15.8 Å². The predicted molar refractivity (Wildman–Crippen MR) is 104 cm³/mol. The number of anilines is 2. The Hall–Kier alpha value is -2.73. The summed E-state index contributed by atoms with van der Waals surface area (Å²) in [5.74, 6) is -0.528. The fourth-order valence-corrected chi connectivity index (χ4v) is 3.19. The molecule has 0 atom stereocenters. The molecule has 1 saturated heterocycles. The van der Waals surface area contributed by atoms with E-state index in [1.54, 1.807) is 19.1 Å². The van der Waals surface area contributed by atoms with Gasteiger partial charge in [0.15, 0.2) is 0 Å². The number of nitrogens with zero attached hydrogens (tertiary/aromatic N) is 1. The molecule has 1 aliphatic heterocycles. The van der Waals surface area contributed by atoms with Crippen LogP contribution in [0.1, 0.15) is 18.4 Å². The maximum atomic E-state index is 13.6. The summed E-state index contributed by atoms with van der Waals surface area (Å²) in [5, 5.41) is 5.66. The molecule has 3 rings (SSSR count). The van der Waals surface area contributed by atoms with Gasteiger partial charge >= 0.3 is 0 Å². The Bertz CT molecular complexity index is 802. The van der Waals surface area contributed by atoms with Gasteiger partial charge in [-0.1, -0.05) is 24.3 Å². The minimum atomic E-state index is -0.335. The number of halogens is 1. The van der Waals surface area contributed by atoms with Crippen LogP contribution < -0.4 is 10.6 Å². The number of hydrogen-bond donors (Lipinski definition) is 2. The molecule has 2 aromatic rings. The number of carbonyl (C=O) groups excluding carboxylic acids is 2. The molecular formula is C21H24FN3O2. The fraction of sp³-hybridized carbons (Fsp3) is 0.333. The van der Waals surface area contributed by atoms with Crippen LogP contribution in [0.5, 0.6) is 0 Å². The number of rotatable bonds is 5. The summed E-state index contributed by atoms with van der Waals surface area (Å²) in [4.78, 5) is 26.6. The van der Waals surface area contributed by atoms with Crippen molar-refractivity contribution in [2.75, 3.05) is 30.3 Å². The molecule has 1 aliphatic rings. The van der Waals surface area contributed by atoms with Gasteiger partial charge in [0.25, 0.3) is 0 Å². The van der Waals surface area contributed by atoms with E-state index in [9.17, 15) is 14.0 Å². The molecule has 5 nitrogen and oxygen atoms in total. The van der Waals surface area contributed by atoms with Crippen LogP contribution >= 0.6 is 0 Å². The zero-order valence-corrected chi connectivity index (χ0v) is 15.4. The summed E-state index contributed by atoms with van der Waals surface area (Å²) in [7, 11) is 0. The molecule has 142 valence electrons. The lowest BCUT2D eigenvalue weighted by atomic mass is 9.96. The van der Waals surface area contributed by atoms with Gasteiger partial charge in [0.1, 0.15) is 5.82 Å². The van der Waals surface area contributed by atoms with Crippen molar-refractivity contribution < 1.29 is 14.0 Å². The zero-order valence-electron chi connectivity index (χ0n) is 15.4. The number of hydrogen-bond acceptors (Lipinski definition) is 3. The molecule has 2 N–H and O–H groups in total. The molecule has 1 heterocycles. The minimum Gasteiger partial charge on any atom is -0.326 e. The summed E-state index contributed by atoms with van der Waals surface area (Å²) in [6.45, 7) is 3.28. The van der Waals surface area contributed by atoms with Gasteiger partial charge in [-0.3, -0.25) is 14.5 Å². The molecule has 6 heteroatoms. The van der Waals surface area contributed by atoms with Crippen molar-refractivity contribution in [3.63, 3.8) is 0 Å². The first kappa shape index (κ1) is 19.0. The molecule has 1 fully saturated rings. The van der Waals surface area contributed by atoms with Crippen LogP contribution in [0.25, 0.3) is 0 Å². The van der Waals surface area contributed by atoms with E-state index in [-0.39, 0.29) is 30.1 Å². The second kappa shape index (κ2) is 8.77. The third kappa shape index (κ3) is 5.37. The number of carbonyl (C=O) groups is 2. The number of benzene rings is 2. The summed E-state index contributed by atoms with van der Waals surface area (Å²) in [6.07, 6.45) is 1.43. The number of amides is 2. The number of piperidine rings is 1. The second-order valence-electron chi connectivity index (χ2n) is 6.92. The van der Waals surface area contributed by atoms with Gasteiger partial charge in [0.05, 0.1) is 6.54 Å². The maximum absolute atomic E-state index is 13.6. The van der Waals surface area contributed by atoms with Crippen molar-refractivity contribution in [2.24, 2.45) is 5.92 Å². The van der Waals surface area contributed by atoms with E-state index in [4.69, 9.17) is 0 Å². The van der Waals surface area contributed by atoms with Crippen LogP contribution in [0.2, 0.25) is 0 Å². The van der Waals surface area contributed by atoms with E-state index in [1.165, 1.54) is 6.07 Å². The van der Waals surface area contributed by atoms with Crippen LogP contribution in [0.3, 0.4) is 0 Å². The maximum Gasteiger partial charge on any atom is 0.238 e. The number of para-hydroxylation sites is 1. The third-order valence-electron chi connectivity index (χ3n) is 4.82. The highest BCUT2D eigenvalue weighted by molar-refractivity contribution is 5.93. The smallest absolute Gasteiger partial charge is 0.238 e. The van der Waals surface area contributed by atoms with Gasteiger partial charge in [0.2, 0.25) is 11.8 Å². The lowest BCUT2D eigenvalue weighted by Crippen LogP contribution is -2.41. The van der Waals surface area contributed by atoms with Crippen molar-refractivity contribution in [3.8, 4) is 0 Å². The van der Waals surface area contributed by atoms with Crippen molar-refractivity contribution in [1.29, 1.82) is 0 Å². The average Bonchev–Trinajstić information content (AvgIpc) is 2.66. The van der Waals surface area contributed by atoms with Gasteiger partial charge in [-0.2, -0.15) is 0 Å².